The molecule has 0 unspecified atom stereocenters. The van der Waals surface area contributed by atoms with Gasteiger partial charge in [0, 0.05) is 24.8 Å². The summed E-state index contributed by atoms with van der Waals surface area (Å²) in [7, 11) is 0. The Morgan fingerprint density at radius 3 is 2.64 bits per heavy atom. The van der Waals surface area contributed by atoms with Crippen LogP contribution in [0.15, 0.2) is 42.6 Å². The van der Waals surface area contributed by atoms with E-state index in [-0.39, 0.29) is 41.4 Å². The molecular weight excluding hydrogens is 424 g/mol. The van der Waals surface area contributed by atoms with Crippen LogP contribution in [0.3, 0.4) is 0 Å². The average molecular weight is 450 g/mol. The summed E-state index contributed by atoms with van der Waals surface area (Å²) >= 11 is 0. The number of Topliss-reactive ketones (excluding diaryl/α,β-unsaturated/α-hetero) is 1. The van der Waals surface area contributed by atoms with Gasteiger partial charge in [0.15, 0.2) is 5.78 Å². The number of ketones is 1. The molecule has 2 aliphatic carbocycles. The Labute approximate surface area is 190 Å². The third-order valence-electron chi connectivity index (χ3n) is 7.68. The number of benzene rings is 1. The fraction of sp³-hybridized carbons (Fsp3) is 0.385. The minimum atomic E-state index is -0.669. The zero-order valence-electron chi connectivity index (χ0n) is 18.6. The summed E-state index contributed by atoms with van der Waals surface area (Å²) < 4.78 is 28.8. The quantitative estimate of drug-likeness (QED) is 0.538. The van der Waals surface area contributed by atoms with Crippen LogP contribution < -0.4 is 0 Å². The Balaban J connectivity index is 1.63. The number of hydrogen-bond donors (Lipinski definition) is 1. The van der Waals surface area contributed by atoms with E-state index in [1.54, 1.807) is 18.3 Å². The predicted molar refractivity (Wildman–Crippen MR) is 119 cm³/mol. The van der Waals surface area contributed by atoms with Crippen molar-refractivity contribution in [3.05, 3.63) is 76.7 Å². The first-order valence-corrected chi connectivity index (χ1v) is 11.2. The number of carbonyl (C=O) groups excluding carboxylic acids is 1. The summed E-state index contributed by atoms with van der Waals surface area (Å²) in [4.78, 5) is 17.3. The zero-order chi connectivity index (χ0) is 23.4. The Hall–Kier alpha value is -3.06. The molecule has 0 aliphatic heterocycles. The largest absolute Gasteiger partial charge is 0.396 e. The highest BCUT2D eigenvalue weighted by Crippen LogP contribution is 2.69. The molecule has 1 saturated carbocycles. The number of halogens is 2. The molecule has 2 heterocycles. The van der Waals surface area contributed by atoms with Crippen LogP contribution in [0.25, 0.3) is 11.3 Å². The highest BCUT2D eigenvalue weighted by atomic mass is 19.1. The molecule has 3 aromatic rings. The van der Waals surface area contributed by atoms with Gasteiger partial charge in [0.1, 0.15) is 11.6 Å². The summed E-state index contributed by atoms with van der Waals surface area (Å²) in [5.74, 6) is -1.24. The second-order valence-electron chi connectivity index (χ2n) is 9.53. The summed E-state index contributed by atoms with van der Waals surface area (Å²) in [6.45, 7) is 4.30. The van der Waals surface area contributed by atoms with Gasteiger partial charge in [-0.3, -0.25) is 9.78 Å². The molecule has 1 N–H and O–H groups in total. The van der Waals surface area contributed by atoms with Gasteiger partial charge in [0.25, 0.3) is 0 Å². The number of aliphatic hydroxyl groups excluding tert-OH is 1. The predicted octanol–water partition coefficient (Wildman–Crippen LogP) is 4.98. The first kappa shape index (κ1) is 21.8. The van der Waals surface area contributed by atoms with E-state index < -0.39 is 17.0 Å². The van der Waals surface area contributed by atoms with Crippen molar-refractivity contribution in [2.75, 3.05) is 6.61 Å². The molecule has 0 amide bonds. The SMILES string of the molecule is CC1(C)[C@H]2CC[C@]1(c1cc(C(=O)CCCO)ccn1)c1nnc(-c3c(F)cccc3F)cc12. The molecule has 2 aliphatic rings. The molecule has 1 aromatic carbocycles. The van der Waals surface area contributed by atoms with Crippen LogP contribution in [0.4, 0.5) is 8.78 Å². The summed E-state index contributed by atoms with van der Waals surface area (Å²) in [6, 6.07) is 9.07. The number of carbonyl (C=O) groups is 1. The smallest absolute Gasteiger partial charge is 0.163 e. The van der Waals surface area contributed by atoms with Gasteiger partial charge in [0.2, 0.25) is 0 Å². The van der Waals surface area contributed by atoms with E-state index in [9.17, 15) is 13.6 Å². The standard InChI is InChI=1S/C26H25F2N3O2/c1-25(2)17-8-10-26(25,22-13-15(9-11-29-22)21(33)7-4-12-32)24-16(17)14-20(30-31-24)23-18(27)5-3-6-19(23)28/h3,5-6,9,11,13-14,17,32H,4,7-8,10,12H2,1-2H3/t17-,26-/m0/s1. The van der Waals surface area contributed by atoms with Crippen molar-refractivity contribution >= 4 is 5.78 Å². The molecule has 33 heavy (non-hydrogen) atoms. The molecule has 2 aromatic heterocycles. The van der Waals surface area contributed by atoms with Crippen molar-refractivity contribution < 1.29 is 18.7 Å². The molecule has 2 atom stereocenters. The van der Waals surface area contributed by atoms with Crippen molar-refractivity contribution in [3.63, 3.8) is 0 Å². The van der Waals surface area contributed by atoms with Crippen LogP contribution in [0.5, 0.6) is 0 Å². The van der Waals surface area contributed by atoms with Crippen LogP contribution in [0, 0.1) is 17.0 Å². The highest BCUT2D eigenvalue weighted by Gasteiger charge is 2.65. The second kappa shape index (κ2) is 7.76. The fourth-order valence-corrected chi connectivity index (χ4v) is 5.98. The monoisotopic (exact) mass is 449 g/mol. The van der Waals surface area contributed by atoms with E-state index in [0.717, 1.165) is 29.8 Å². The van der Waals surface area contributed by atoms with Gasteiger partial charge in [-0.25, -0.2) is 8.78 Å². The Kier molecular flexibility index (Phi) is 5.12. The molecular formula is C26H25F2N3O2. The molecule has 5 rings (SSSR count). The summed E-state index contributed by atoms with van der Waals surface area (Å²) in [5, 5.41) is 17.8. The van der Waals surface area contributed by atoms with E-state index in [1.165, 1.54) is 18.2 Å². The van der Waals surface area contributed by atoms with Crippen LogP contribution in [0.2, 0.25) is 0 Å². The van der Waals surface area contributed by atoms with Gasteiger partial charge < -0.3 is 5.11 Å². The third kappa shape index (κ3) is 3.05. The lowest BCUT2D eigenvalue weighted by molar-refractivity contribution is 0.0970. The number of nitrogens with zero attached hydrogens (tertiary/aromatic N) is 3. The lowest BCUT2D eigenvalue weighted by Gasteiger charge is -2.37. The summed E-state index contributed by atoms with van der Waals surface area (Å²) in [6.07, 6.45) is 4.02. The average Bonchev–Trinajstić information content (AvgIpc) is 3.18. The zero-order valence-corrected chi connectivity index (χ0v) is 18.6. The molecule has 1 fully saturated rings. The van der Waals surface area contributed by atoms with Crippen LogP contribution in [-0.4, -0.2) is 32.7 Å². The number of pyridine rings is 1. The molecule has 0 saturated heterocycles. The van der Waals surface area contributed by atoms with E-state index in [1.807, 2.05) is 6.07 Å². The van der Waals surface area contributed by atoms with Gasteiger partial charge >= 0.3 is 0 Å². The van der Waals surface area contributed by atoms with Gasteiger partial charge in [-0.15, -0.1) is 5.10 Å². The van der Waals surface area contributed by atoms with Gasteiger partial charge in [-0.05, 0) is 66.5 Å². The molecule has 0 radical (unpaired) electrons. The number of fused-ring (bicyclic) bond motifs is 5. The van der Waals surface area contributed by atoms with E-state index in [4.69, 9.17) is 5.11 Å². The maximum atomic E-state index is 14.4. The van der Waals surface area contributed by atoms with E-state index in [0.29, 0.717) is 12.0 Å². The normalized spacial score (nSPS) is 22.4. The maximum absolute atomic E-state index is 14.4. The summed E-state index contributed by atoms with van der Waals surface area (Å²) in [5.41, 5.74) is 2.25. The van der Waals surface area contributed by atoms with Crippen molar-refractivity contribution in [2.45, 2.75) is 50.9 Å². The first-order chi connectivity index (χ1) is 15.8. The Bertz CT molecular complexity index is 1240. The van der Waals surface area contributed by atoms with Gasteiger partial charge in [-0.1, -0.05) is 19.9 Å². The molecule has 7 heteroatoms. The number of hydrogen-bond acceptors (Lipinski definition) is 5. The lowest BCUT2D eigenvalue weighted by atomic mass is 9.66. The topological polar surface area (TPSA) is 76.0 Å². The first-order valence-electron chi connectivity index (χ1n) is 11.2. The van der Waals surface area contributed by atoms with Gasteiger partial charge in [-0.2, -0.15) is 5.10 Å². The fourth-order valence-electron chi connectivity index (χ4n) is 5.98. The van der Waals surface area contributed by atoms with Crippen LogP contribution >= 0.6 is 0 Å². The molecule has 2 bridgehead atoms. The highest BCUT2D eigenvalue weighted by molar-refractivity contribution is 5.96. The maximum Gasteiger partial charge on any atom is 0.163 e. The van der Waals surface area contributed by atoms with Crippen molar-refractivity contribution in [1.82, 2.24) is 15.2 Å². The minimum Gasteiger partial charge on any atom is -0.396 e. The number of aliphatic hydroxyl groups is 1. The lowest BCUT2D eigenvalue weighted by Crippen LogP contribution is -2.38. The number of aromatic nitrogens is 3. The van der Waals surface area contributed by atoms with Crippen molar-refractivity contribution in [3.8, 4) is 11.3 Å². The third-order valence-corrected chi connectivity index (χ3v) is 7.68. The Morgan fingerprint density at radius 1 is 1.15 bits per heavy atom. The van der Waals surface area contributed by atoms with Crippen LogP contribution in [0.1, 0.15) is 72.8 Å². The van der Waals surface area contributed by atoms with Crippen molar-refractivity contribution in [2.24, 2.45) is 5.41 Å². The van der Waals surface area contributed by atoms with E-state index >= 15 is 0 Å². The van der Waals surface area contributed by atoms with E-state index in [2.05, 4.69) is 29.0 Å². The molecule has 0 spiro atoms. The van der Waals surface area contributed by atoms with Gasteiger partial charge in [0.05, 0.1) is 28.1 Å². The second-order valence-corrected chi connectivity index (χ2v) is 9.53. The van der Waals surface area contributed by atoms with Crippen molar-refractivity contribution in [1.29, 1.82) is 0 Å². The van der Waals surface area contributed by atoms with Crippen LogP contribution in [-0.2, 0) is 5.41 Å². The minimum absolute atomic E-state index is 0.0315. The Morgan fingerprint density at radius 2 is 1.91 bits per heavy atom. The molecule has 170 valence electrons. The number of rotatable bonds is 6. The molecule has 5 nitrogen and oxygen atoms in total.